The number of carbonyl (C=O) groups is 1. The topological polar surface area (TPSA) is 87.9 Å². The van der Waals surface area contributed by atoms with Crippen LogP contribution in [0.5, 0.6) is 0 Å². The molecule has 0 saturated heterocycles. The van der Waals surface area contributed by atoms with E-state index in [-0.39, 0.29) is 12.5 Å². The summed E-state index contributed by atoms with van der Waals surface area (Å²) in [5.74, 6) is 0.806. The number of rotatable bonds is 4. The number of carbonyl (C=O) groups excluding carboxylic acids is 1. The van der Waals surface area contributed by atoms with Crippen LogP contribution >= 0.6 is 11.3 Å². The van der Waals surface area contributed by atoms with E-state index in [2.05, 4.69) is 20.3 Å². The Morgan fingerprint density at radius 3 is 3.05 bits per heavy atom. The predicted octanol–water partition coefficient (Wildman–Crippen LogP) is 2.10. The first kappa shape index (κ1) is 13.5. The van der Waals surface area contributed by atoms with Crippen molar-refractivity contribution in [3.8, 4) is 10.6 Å². The number of aromatic nitrogens is 4. The molecule has 0 atom stereocenters. The molecule has 3 heterocycles. The van der Waals surface area contributed by atoms with Gasteiger partial charge in [-0.1, -0.05) is 11.2 Å². The summed E-state index contributed by atoms with van der Waals surface area (Å²) in [6, 6.07) is 3.87. The molecule has 21 heavy (non-hydrogen) atoms. The maximum Gasteiger partial charge on any atom is 0.257 e. The number of nitrogens with zero attached hydrogens (tertiary/aromatic N) is 4. The normalized spacial score (nSPS) is 10.8. The molecule has 8 heteroatoms. The molecule has 0 fully saturated rings. The lowest BCUT2D eigenvalue weighted by atomic mass is 10.2. The molecule has 0 aliphatic rings. The number of hydrogen-bond donors (Lipinski definition) is 1. The van der Waals surface area contributed by atoms with Crippen LogP contribution in [-0.2, 0) is 6.54 Å². The fourth-order valence-electron chi connectivity index (χ4n) is 1.94. The van der Waals surface area contributed by atoms with Gasteiger partial charge in [-0.25, -0.2) is 0 Å². The molecule has 0 unspecified atom stereocenters. The quantitative estimate of drug-likeness (QED) is 0.797. The summed E-state index contributed by atoms with van der Waals surface area (Å²) in [6.07, 6.45) is 1.53. The molecule has 108 valence electrons. The molecular formula is C13H13N5O2S. The number of H-pyrrole nitrogens is 1. The Morgan fingerprint density at radius 1 is 1.52 bits per heavy atom. The number of hydrogen-bond acceptors (Lipinski definition) is 6. The number of aromatic amines is 1. The van der Waals surface area contributed by atoms with E-state index in [1.807, 2.05) is 17.5 Å². The molecule has 0 aromatic carbocycles. The maximum atomic E-state index is 12.5. The van der Waals surface area contributed by atoms with E-state index < -0.39 is 0 Å². The fourth-order valence-corrected chi connectivity index (χ4v) is 2.68. The minimum absolute atomic E-state index is 0.150. The fraction of sp³-hybridized carbons (Fsp3) is 0.231. The second-order valence-electron chi connectivity index (χ2n) is 4.53. The summed E-state index contributed by atoms with van der Waals surface area (Å²) >= 11 is 1.55. The molecule has 0 aliphatic heterocycles. The van der Waals surface area contributed by atoms with E-state index in [4.69, 9.17) is 4.52 Å². The Labute approximate surface area is 124 Å². The van der Waals surface area contributed by atoms with E-state index >= 15 is 0 Å². The molecule has 1 amide bonds. The second-order valence-corrected chi connectivity index (χ2v) is 5.48. The molecule has 1 N–H and O–H groups in total. The third-order valence-corrected chi connectivity index (χ3v) is 3.81. The van der Waals surface area contributed by atoms with Gasteiger partial charge in [0.15, 0.2) is 5.82 Å². The van der Waals surface area contributed by atoms with Gasteiger partial charge in [0, 0.05) is 7.05 Å². The van der Waals surface area contributed by atoms with Crippen molar-refractivity contribution in [1.29, 1.82) is 0 Å². The monoisotopic (exact) mass is 303 g/mol. The number of aryl methyl sites for hydroxylation is 1. The third-order valence-electron chi connectivity index (χ3n) is 2.93. The van der Waals surface area contributed by atoms with Crippen molar-refractivity contribution in [1.82, 2.24) is 25.2 Å². The third kappa shape index (κ3) is 2.70. The van der Waals surface area contributed by atoms with Crippen LogP contribution < -0.4 is 0 Å². The van der Waals surface area contributed by atoms with Crippen LogP contribution in [-0.4, -0.2) is 38.2 Å². The lowest BCUT2D eigenvalue weighted by molar-refractivity contribution is 0.0770. The minimum Gasteiger partial charge on any atom is -0.337 e. The highest BCUT2D eigenvalue weighted by Crippen LogP contribution is 2.26. The summed E-state index contributed by atoms with van der Waals surface area (Å²) in [4.78, 5) is 19.1. The summed E-state index contributed by atoms with van der Waals surface area (Å²) < 4.78 is 5.03. The van der Waals surface area contributed by atoms with Gasteiger partial charge in [-0.15, -0.1) is 11.3 Å². The van der Waals surface area contributed by atoms with E-state index in [1.165, 1.54) is 11.1 Å². The summed E-state index contributed by atoms with van der Waals surface area (Å²) in [7, 11) is 1.69. The molecule has 0 aliphatic carbocycles. The smallest absolute Gasteiger partial charge is 0.257 e. The van der Waals surface area contributed by atoms with Crippen LogP contribution in [0.15, 0.2) is 28.2 Å². The summed E-state index contributed by atoms with van der Waals surface area (Å²) in [5, 5.41) is 12.5. The van der Waals surface area contributed by atoms with Crippen LogP contribution in [0.2, 0.25) is 0 Å². The van der Waals surface area contributed by atoms with Crippen molar-refractivity contribution in [2.75, 3.05) is 7.05 Å². The zero-order chi connectivity index (χ0) is 14.8. The van der Waals surface area contributed by atoms with Gasteiger partial charge in [0.2, 0.25) is 5.89 Å². The maximum absolute atomic E-state index is 12.5. The zero-order valence-electron chi connectivity index (χ0n) is 11.5. The van der Waals surface area contributed by atoms with Gasteiger partial charge >= 0.3 is 0 Å². The van der Waals surface area contributed by atoms with Crippen molar-refractivity contribution in [2.24, 2.45) is 0 Å². The largest absolute Gasteiger partial charge is 0.337 e. The summed E-state index contributed by atoms with van der Waals surface area (Å²) in [5.41, 5.74) is 1.25. The van der Waals surface area contributed by atoms with Crippen LogP contribution in [0.3, 0.4) is 0 Å². The van der Waals surface area contributed by atoms with Crippen molar-refractivity contribution >= 4 is 17.2 Å². The van der Waals surface area contributed by atoms with Gasteiger partial charge in [0.1, 0.15) is 0 Å². The van der Waals surface area contributed by atoms with Gasteiger partial charge in [-0.3, -0.25) is 9.89 Å². The molecule has 0 spiro atoms. The van der Waals surface area contributed by atoms with E-state index in [1.54, 1.807) is 25.3 Å². The standard InChI is InChI=1S/C13H13N5O2S/c1-8-15-11(20-17-8)7-18(2)13(19)9-6-14-16-12(9)10-4-3-5-21-10/h3-6H,7H2,1-2H3,(H,14,16). The highest BCUT2D eigenvalue weighted by molar-refractivity contribution is 7.13. The van der Waals surface area contributed by atoms with Gasteiger partial charge in [0.05, 0.1) is 28.9 Å². The predicted molar refractivity (Wildman–Crippen MR) is 76.7 cm³/mol. The first-order valence-corrected chi connectivity index (χ1v) is 7.15. The second kappa shape index (κ2) is 5.49. The van der Waals surface area contributed by atoms with Crippen LogP contribution in [0.4, 0.5) is 0 Å². The molecule has 3 aromatic heterocycles. The Bertz CT molecular complexity index is 746. The highest BCUT2D eigenvalue weighted by atomic mass is 32.1. The lowest BCUT2D eigenvalue weighted by Crippen LogP contribution is -2.26. The van der Waals surface area contributed by atoms with Crippen molar-refractivity contribution in [3.63, 3.8) is 0 Å². The Morgan fingerprint density at radius 2 is 2.38 bits per heavy atom. The van der Waals surface area contributed by atoms with Crippen molar-refractivity contribution < 1.29 is 9.32 Å². The van der Waals surface area contributed by atoms with Crippen LogP contribution in [0, 0.1) is 6.92 Å². The Kier molecular flexibility index (Phi) is 3.53. The summed E-state index contributed by atoms with van der Waals surface area (Å²) in [6.45, 7) is 1.99. The Hall–Kier alpha value is -2.48. The number of amides is 1. The van der Waals surface area contributed by atoms with Gasteiger partial charge in [-0.2, -0.15) is 10.1 Å². The van der Waals surface area contributed by atoms with E-state index in [0.717, 1.165) is 10.6 Å². The molecule has 0 bridgehead atoms. The SMILES string of the molecule is Cc1noc(CN(C)C(=O)c2cn[nH]c2-c2cccs2)n1. The van der Waals surface area contributed by atoms with Crippen molar-refractivity contribution in [2.45, 2.75) is 13.5 Å². The first-order valence-electron chi connectivity index (χ1n) is 6.27. The van der Waals surface area contributed by atoms with E-state index in [0.29, 0.717) is 17.3 Å². The van der Waals surface area contributed by atoms with Gasteiger partial charge in [-0.05, 0) is 18.4 Å². The lowest BCUT2D eigenvalue weighted by Gasteiger charge is -2.14. The molecule has 0 saturated carbocycles. The number of thiophene rings is 1. The molecular weight excluding hydrogens is 290 g/mol. The molecule has 3 aromatic rings. The molecule has 7 nitrogen and oxygen atoms in total. The van der Waals surface area contributed by atoms with Gasteiger partial charge < -0.3 is 9.42 Å². The van der Waals surface area contributed by atoms with E-state index in [9.17, 15) is 4.79 Å². The Balaban J connectivity index is 1.81. The average molecular weight is 303 g/mol. The van der Waals surface area contributed by atoms with Crippen molar-refractivity contribution in [3.05, 3.63) is 41.0 Å². The highest BCUT2D eigenvalue weighted by Gasteiger charge is 2.20. The minimum atomic E-state index is -0.150. The molecule has 3 rings (SSSR count). The first-order chi connectivity index (χ1) is 10.1. The molecule has 0 radical (unpaired) electrons. The van der Waals surface area contributed by atoms with Crippen LogP contribution in [0.1, 0.15) is 22.1 Å². The van der Waals surface area contributed by atoms with Gasteiger partial charge in [0.25, 0.3) is 5.91 Å². The number of nitrogens with one attached hydrogen (secondary N) is 1. The van der Waals surface area contributed by atoms with Crippen LogP contribution in [0.25, 0.3) is 10.6 Å². The average Bonchev–Trinajstić information content (AvgIpc) is 3.18. The zero-order valence-corrected chi connectivity index (χ0v) is 12.3.